The number of ether oxygens (including phenoxy) is 1. The lowest BCUT2D eigenvalue weighted by Crippen LogP contribution is -2.07. The summed E-state index contributed by atoms with van der Waals surface area (Å²) in [4.78, 5) is 12.8. The van der Waals surface area contributed by atoms with E-state index in [1.54, 1.807) is 23.4 Å². The molecule has 10 nitrogen and oxygen atoms in total. The van der Waals surface area contributed by atoms with Crippen LogP contribution in [-0.4, -0.2) is 46.1 Å². The number of imidazole rings is 1. The highest BCUT2D eigenvalue weighted by atomic mass is 19.3. The fourth-order valence-corrected chi connectivity index (χ4v) is 2.37. The molecule has 0 aliphatic carbocycles. The van der Waals surface area contributed by atoms with E-state index in [2.05, 4.69) is 40.3 Å². The molecule has 0 saturated carbocycles. The van der Waals surface area contributed by atoms with Gasteiger partial charge in [0.15, 0.2) is 11.5 Å². The number of hydrogen-bond acceptors (Lipinski definition) is 7. The summed E-state index contributed by atoms with van der Waals surface area (Å²) in [5.74, 6) is 0.515. The molecule has 0 bridgehead atoms. The van der Waals surface area contributed by atoms with Crippen molar-refractivity contribution < 1.29 is 13.5 Å². The molecule has 0 spiro atoms. The van der Waals surface area contributed by atoms with Crippen LogP contribution in [0, 0.1) is 0 Å². The highest BCUT2D eigenvalue weighted by molar-refractivity contribution is 5.72. The van der Waals surface area contributed by atoms with Crippen LogP contribution in [-0.2, 0) is 13.6 Å². The van der Waals surface area contributed by atoms with Crippen molar-refractivity contribution in [3.63, 3.8) is 0 Å². The minimum atomic E-state index is -2.94. The predicted octanol–water partition coefficient (Wildman–Crippen LogP) is 1.68. The van der Waals surface area contributed by atoms with Gasteiger partial charge < -0.3 is 14.6 Å². The van der Waals surface area contributed by atoms with Gasteiger partial charge in [-0.3, -0.25) is 5.10 Å². The van der Waals surface area contributed by atoms with Gasteiger partial charge in [-0.25, -0.2) is 19.6 Å². The number of halogens is 2. The van der Waals surface area contributed by atoms with E-state index in [-0.39, 0.29) is 5.88 Å². The monoisotopic (exact) mass is 361 g/mol. The predicted molar refractivity (Wildman–Crippen MR) is 86.1 cm³/mol. The highest BCUT2D eigenvalue weighted by Gasteiger charge is 2.11. The number of hydrogen-bond donors (Lipinski definition) is 2. The van der Waals surface area contributed by atoms with Gasteiger partial charge in [0.05, 0.1) is 37.2 Å². The second-order valence-electron chi connectivity index (χ2n) is 5.39. The van der Waals surface area contributed by atoms with Gasteiger partial charge >= 0.3 is 6.61 Å². The largest absolute Gasteiger partial charge is 0.415 e. The third kappa shape index (κ3) is 3.16. The molecule has 0 aliphatic rings. The Morgan fingerprint density at radius 3 is 2.96 bits per heavy atom. The Balaban J connectivity index is 1.57. The van der Waals surface area contributed by atoms with E-state index >= 15 is 0 Å². The summed E-state index contributed by atoms with van der Waals surface area (Å²) in [6, 6.07) is 1.30. The number of rotatable bonds is 6. The molecule has 4 aromatic heterocycles. The SMILES string of the molecule is Cn1cncc1Cn1ncc2ncc(Nc3cc(OC(F)F)n[nH]3)nc21. The Kier molecular flexibility index (Phi) is 3.91. The Morgan fingerprint density at radius 1 is 1.31 bits per heavy atom. The van der Waals surface area contributed by atoms with Gasteiger partial charge in [0, 0.05) is 13.1 Å². The molecule has 0 aliphatic heterocycles. The van der Waals surface area contributed by atoms with Gasteiger partial charge in [0.1, 0.15) is 11.3 Å². The summed E-state index contributed by atoms with van der Waals surface area (Å²) in [7, 11) is 1.89. The smallest absolute Gasteiger partial charge is 0.388 e. The van der Waals surface area contributed by atoms with Crippen LogP contribution in [0.1, 0.15) is 5.69 Å². The van der Waals surface area contributed by atoms with Gasteiger partial charge in [-0.2, -0.15) is 13.9 Å². The fraction of sp³-hybridized carbons (Fsp3) is 0.214. The summed E-state index contributed by atoms with van der Waals surface area (Å²) < 4.78 is 32.2. The molecule has 0 radical (unpaired) electrons. The van der Waals surface area contributed by atoms with Crippen molar-refractivity contribution in [3.8, 4) is 5.88 Å². The molecular weight excluding hydrogens is 348 g/mol. The molecule has 4 aromatic rings. The molecule has 0 atom stereocenters. The molecule has 4 heterocycles. The number of H-pyrrole nitrogens is 1. The maximum atomic E-state index is 12.2. The zero-order valence-corrected chi connectivity index (χ0v) is 13.5. The molecule has 0 unspecified atom stereocenters. The van der Waals surface area contributed by atoms with Gasteiger partial charge in [-0.05, 0) is 0 Å². The number of fused-ring (bicyclic) bond motifs is 1. The number of nitrogens with zero attached hydrogens (tertiary/aromatic N) is 7. The van der Waals surface area contributed by atoms with Crippen LogP contribution in [0.2, 0.25) is 0 Å². The molecule has 134 valence electrons. The Hall–Kier alpha value is -3.57. The summed E-state index contributed by atoms with van der Waals surface area (Å²) in [5, 5.41) is 13.4. The molecule has 12 heteroatoms. The lowest BCUT2D eigenvalue weighted by atomic mass is 10.4. The maximum absolute atomic E-state index is 12.2. The maximum Gasteiger partial charge on any atom is 0.388 e. The van der Waals surface area contributed by atoms with Crippen LogP contribution in [0.15, 0.2) is 31.0 Å². The van der Waals surface area contributed by atoms with E-state index in [1.165, 1.54) is 12.3 Å². The minimum absolute atomic E-state index is 0.224. The standard InChI is InChI=1S/C14H13F2N9O/c1-24-7-17-3-8(24)6-25-13-9(4-19-25)18-5-11(21-13)20-10-2-12(23-22-10)26-14(15)16/h2-5,7,14H,6H2,1H3,(H2,20,21,22,23). The summed E-state index contributed by atoms with van der Waals surface area (Å²) >= 11 is 0. The lowest BCUT2D eigenvalue weighted by Gasteiger charge is -2.05. The van der Waals surface area contributed by atoms with E-state index in [4.69, 9.17) is 0 Å². The summed E-state index contributed by atoms with van der Waals surface area (Å²) in [5.41, 5.74) is 2.15. The van der Waals surface area contributed by atoms with Crippen molar-refractivity contribution in [1.29, 1.82) is 0 Å². The average Bonchev–Trinajstić information content (AvgIpc) is 3.30. The molecular formula is C14H13F2N9O. The van der Waals surface area contributed by atoms with Crippen LogP contribution in [0.3, 0.4) is 0 Å². The third-order valence-electron chi connectivity index (χ3n) is 3.60. The number of aryl methyl sites for hydroxylation is 1. The van der Waals surface area contributed by atoms with E-state index in [0.29, 0.717) is 29.3 Å². The molecule has 0 fully saturated rings. The number of aromatic amines is 1. The van der Waals surface area contributed by atoms with Crippen molar-refractivity contribution in [2.45, 2.75) is 13.2 Å². The molecule has 26 heavy (non-hydrogen) atoms. The van der Waals surface area contributed by atoms with Crippen LogP contribution in [0.5, 0.6) is 5.88 Å². The molecule has 4 rings (SSSR count). The van der Waals surface area contributed by atoms with E-state index < -0.39 is 6.61 Å². The lowest BCUT2D eigenvalue weighted by molar-refractivity contribution is -0.0528. The topological polar surface area (TPSA) is 111 Å². The Bertz CT molecular complexity index is 1040. The average molecular weight is 361 g/mol. The van der Waals surface area contributed by atoms with Gasteiger partial charge in [0.2, 0.25) is 5.88 Å². The number of aromatic nitrogens is 8. The minimum Gasteiger partial charge on any atom is -0.415 e. The summed E-state index contributed by atoms with van der Waals surface area (Å²) in [6.45, 7) is -2.46. The first-order valence-electron chi connectivity index (χ1n) is 7.49. The van der Waals surface area contributed by atoms with Crippen LogP contribution in [0.4, 0.5) is 20.4 Å². The van der Waals surface area contributed by atoms with Gasteiger partial charge in [-0.1, -0.05) is 0 Å². The quantitative estimate of drug-likeness (QED) is 0.537. The van der Waals surface area contributed by atoms with Crippen molar-refractivity contribution in [1.82, 2.24) is 39.5 Å². The fourth-order valence-electron chi connectivity index (χ4n) is 2.37. The van der Waals surface area contributed by atoms with Crippen molar-refractivity contribution in [2.75, 3.05) is 5.32 Å². The van der Waals surface area contributed by atoms with Crippen molar-refractivity contribution in [2.24, 2.45) is 7.05 Å². The first-order chi connectivity index (χ1) is 12.6. The molecule has 0 aromatic carbocycles. The van der Waals surface area contributed by atoms with Crippen LogP contribution < -0.4 is 10.1 Å². The molecule has 2 N–H and O–H groups in total. The van der Waals surface area contributed by atoms with E-state index in [0.717, 1.165) is 5.69 Å². The second kappa shape index (κ2) is 6.38. The second-order valence-corrected chi connectivity index (χ2v) is 5.39. The number of alkyl halides is 2. The zero-order chi connectivity index (χ0) is 18.1. The van der Waals surface area contributed by atoms with Crippen LogP contribution in [0.25, 0.3) is 11.2 Å². The van der Waals surface area contributed by atoms with Crippen LogP contribution >= 0.6 is 0 Å². The Morgan fingerprint density at radius 2 is 2.19 bits per heavy atom. The first-order valence-corrected chi connectivity index (χ1v) is 7.49. The zero-order valence-electron chi connectivity index (χ0n) is 13.5. The van der Waals surface area contributed by atoms with Gasteiger partial charge in [-0.15, -0.1) is 5.10 Å². The Labute approximate surface area is 144 Å². The molecule has 0 saturated heterocycles. The van der Waals surface area contributed by atoms with Gasteiger partial charge in [0.25, 0.3) is 0 Å². The normalized spacial score (nSPS) is 11.4. The molecule has 0 amide bonds. The summed E-state index contributed by atoms with van der Waals surface area (Å²) in [6.07, 6.45) is 6.58. The third-order valence-corrected chi connectivity index (χ3v) is 3.60. The number of anilines is 2. The number of nitrogens with one attached hydrogen (secondary N) is 2. The van der Waals surface area contributed by atoms with Crippen molar-refractivity contribution in [3.05, 3.63) is 36.7 Å². The van der Waals surface area contributed by atoms with E-state index in [1.807, 2.05) is 11.6 Å². The van der Waals surface area contributed by atoms with Crippen molar-refractivity contribution >= 4 is 22.8 Å². The first kappa shape index (κ1) is 15.9. The van der Waals surface area contributed by atoms with E-state index in [9.17, 15) is 8.78 Å². The highest BCUT2D eigenvalue weighted by Crippen LogP contribution is 2.20.